The molecule has 2 saturated heterocycles. The number of hydrogen-bond donors (Lipinski definition) is 1. The van der Waals surface area contributed by atoms with Crippen LogP contribution < -0.4 is 0 Å². The maximum Gasteiger partial charge on any atom is 0.236 e. The number of aliphatic hydroxyl groups excluding tert-OH is 1. The highest BCUT2D eigenvalue weighted by molar-refractivity contribution is 5.78. The van der Waals surface area contributed by atoms with Gasteiger partial charge >= 0.3 is 0 Å². The van der Waals surface area contributed by atoms with Crippen LogP contribution in [-0.2, 0) is 4.79 Å². The molecule has 2 aliphatic heterocycles. The molecule has 0 saturated carbocycles. The van der Waals surface area contributed by atoms with E-state index in [1.165, 1.54) is 12.8 Å². The van der Waals surface area contributed by atoms with Crippen LogP contribution in [0.5, 0.6) is 0 Å². The van der Waals surface area contributed by atoms with Gasteiger partial charge in [-0.05, 0) is 32.2 Å². The van der Waals surface area contributed by atoms with E-state index in [9.17, 15) is 9.90 Å². The summed E-state index contributed by atoms with van der Waals surface area (Å²) < 4.78 is 0. The van der Waals surface area contributed by atoms with Crippen molar-refractivity contribution in [3.05, 3.63) is 0 Å². The second-order valence-corrected chi connectivity index (χ2v) is 6.58. The number of aliphatic hydroxyl groups is 1. The first kappa shape index (κ1) is 14.8. The highest BCUT2D eigenvalue weighted by atomic mass is 16.3. The highest BCUT2D eigenvalue weighted by Crippen LogP contribution is 2.28. The van der Waals surface area contributed by atoms with Crippen LogP contribution in [0.15, 0.2) is 0 Å². The minimum absolute atomic E-state index is 0.0166. The standard InChI is InChI=1S/C15H28N2O2/c1-15(13-18)7-6-8-16(12-15)11-14(19)17-9-4-2-3-5-10-17/h18H,2-13H2,1H3. The Morgan fingerprint density at radius 2 is 1.79 bits per heavy atom. The lowest BCUT2D eigenvalue weighted by atomic mass is 9.83. The normalized spacial score (nSPS) is 30.1. The average Bonchev–Trinajstić information content (AvgIpc) is 2.68. The zero-order valence-electron chi connectivity index (χ0n) is 12.2. The summed E-state index contributed by atoms with van der Waals surface area (Å²) in [5, 5.41) is 9.47. The molecule has 2 rings (SSSR count). The predicted molar refractivity (Wildman–Crippen MR) is 75.9 cm³/mol. The van der Waals surface area contributed by atoms with Gasteiger partial charge in [0.2, 0.25) is 5.91 Å². The lowest BCUT2D eigenvalue weighted by molar-refractivity contribution is -0.133. The van der Waals surface area contributed by atoms with E-state index in [-0.39, 0.29) is 17.9 Å². The van der Waals surface area contributed by atoms with Crippen molar-refractivity contribution in [2.75, 3.05) is 39.3 Å². The zero-order valence-corrected chi connectivity index (χ0v) is 12.2. The smallest absolute Gasteiger partial charge is 0.236 e. The number of nitrogens with zero attached hydrogens (tertiary/aromatic N) is 2. The van der Waals surface area contributed by atoms with Crippen molar-refractivity contribution in [2.24, 2.45) is 5.41 Å². The second-order valence-electron chi connectivity index (χ2n) is 6.58. The minimum Gasteiger partial charge on any atom is -0.396 e. The van der Waals surface area contributed by atoms with Crippen molar-refractivity contribution in [1.82, 2.24) is 9.80 Å². The summed E-state index contributed by atoms with van der Waals surface area (Å²) >= 11 is 0. The number of rotatable bonds is 3. The Balaban J connectivity index is 1.84. The largest absolute Gasteiger partial charge is 0.396 e. The van der Waals surface area contributed by atoms with Crippen LogP contribution in [0.4, 0.5) is 0 Å². The van der Waals surface area contributed by atoms with Gasteiger partial charge in [-0.15, -0.1) is 0 Å². The third-order valence-electron chi connectivity index (χ3n) is 4.56. The molecule has 110 valence electrons. The van der Waals surface area contributed by atoms with Crippen LogP contribution in [0.2, 0.25) is 0 Å². The number of likely N-dealkylation sites (tertiary alicyclic amines) is 2. The van der Waals surface area contributed by atoms with Crippen LogP contribution >= 0.6 is 0 Å². The first-order valence-electron chi connectivity index (χ1n) is 7.74. The van der Waals surface area contributed by atoms with Crippen molar-refractivity contribution in [1.29, 1.82) is 0 Å². The molecule has 0 bridgehead atoms. The average molecular weight is 268 g/mol. The van der Waals surface area contributed by atoms with Crippen LogP contribution in [0.3, 0.4) is 0 Å². The van der Waals surface area contributed by atoms with Gasteiger partial charge in [0.25, 0.3) is 0 Å². The quantitative estimate of drug-likeness (QED) is 0.843. The summed E-state index contributed by atoms with van der Waals surface area (Å²) in [7, 11) is 0. The highest BCUT2D eigenvalue weighted by Gasteiger charge is 2.31. The lowest BCUT2D eigenvalue weighted by Gasteiger charge is -2.39. The van der Waals surface area contributed by atoms with Gasteiger partial charge in [0, 0.05) is 31.7 Å². The second kappa shape index (κ2) is 6.71. The SMILES string of the molecule is CC1(CO)CCCN(CC(=O)N2CCCCCC2)C1. The molecule has 0 spiro atoms. The number of piperidine rings is 1. The Hall–Kier alpha value is -0.610. The summed E-state index contributed by atoms with van der Waals surface area (Å²) in [4.78, 5) is 16.6. The van der Waals surface area contributed by atoms with Gasteiger partial charge in [-0.3, -0.25) is 9.69 Å². The molecule has 19 heavy (non-hydrogen) atoms. The van der Waals surface area contributed by atoms with Crippen LogP contribution in [0.1, 0.15) is 45.4 Å². The fourth-order valence-electron chi connectivity index (χ4n) is 3.30. The molecule has 0 aliphatic carbocycles. The first-order valence-corrected chi connectivity index (χ1v) is 7.74. The van der Waals surface area contributed by atoms with Crippen molar-refractivity contribution >= 4 is 5.91 Å². The third-order valence-corrected chi connectivity index (χ3v) is 4.56. The Bertz CT molecular complexity index is 301. The van der Waals surface area contributed by atoms with E-state index in [0.717, 1.165) is 51.9 Å². The molecule has 1 amide bonds. The number of carbonyl (C=O) groups is 1. The topological polar surface area (TPSA) is 43.8 Å². The maximum absolute atomic E-state index is 12.3. The van der Waals surface area contributed by atoms with Crippen molar-refractivity contribution < 1.29 is 9.90 Å². The summed E-state index contributed by atoms with van der Waals surface area (Å²) in [6, 6.07) is 0. The molecule has 1 unspecified atom stereocenters. The Morgan fingerprint density at radius 3 is 2.42 bits per heavy atom. The summed E-state index contributed by atoms with van der Waals surface area (Å²) in [5.41, 5.74) is -0.0166. The van der Waals surface area contributed by atoms with Gasteiger partial charge < -0.3 is 10.0 Å². The Kier molecular flexibility index (Phi) is 5.22. The Labute approximate surface area is 116 Å². The third kappa shape index (κ3) is 4.18. The zero-order chi connectivity index (χ0) is 13.7. The lowest BCUT2D eigenvalue weighted by Crippen LogP contribution is -2.48. The molecule has 0 radical (unpaired) electrons. The van der Waals surface area contributed by atoms with Crippen LogP contribution in [-0.4, -0.2) is 60.1 Å². The minimum atomic E-state index is -0.0166. The molecular formula is C15H28N2O2. The fraction of sp³-hybridized carbons (Fsp3) is 0.933. The number of hydrogen-bond acceptors (Lipinski definition) is 3. The molecule has 4 nitrogen and oxygen atoms in total. The first-order chi connectivity index (χ1) is 9.13. The molecule has 0 aromatic heterocycles. The summed E-state index contributed by atoms with van der Waals surface area (Å²) in [5.74, 6) is 0.282. The van der Waals surface area contributed by atoms with Crippen molar-refractivity contribution in [3.63, 3.8) is 0 Å². The van der Waals surface area contributed by atoms with Gasteiger partial charge in [-0.2, -0.15) is 0 Å². The summed E-state index contributed by atoms with van der Waals surface area (Å²) in [6.07, 6.45) is 6.98. The molecule has 2 heterocycles. The number of carbonyl (C=O) groups excluding carboxylic acids is 1. The summed E-state index contributed by atoms with van der Waals surface area (Å²) in [6.45, 7) is 6.60. The van der Waals surface area contributed by atoms with Gasteiger partial charge in [-0.1, -0.05) is 19.8 Å². The van der Waals surface area contributed by atoms with Gasteiger partial charge in [0.05, 0.1) is 6.54 Å². The van der Waals surface area contributed by atoms with E-state index in [4.69, 9.17) is 0 Å². The van der Waals surface area contributed by atoms with E-state index >= 15 is 0 Å². The predicted octanol–water partition coefficient (Wildman–Crippen LogP) is 1.48. The molecule has 4 heteroatoms. The molecule has 0 aromatic rings. The van der Waals surface area contributed by atoms with Gasteiger partial charge in [-0.25, -0.2) is 0 Å². The van der Waals surface area contributed by atoms with E-state index in [2.05, 4.69) is 11.8 Å². The van der Waals surface area contributed by atoms with E-state index in [0.29, 0.717) is 6.54 Å². The van der Waals surface area contributed by atoms with E-state index in [1.807, 2.05) is 4.90 Å². The fourth-order valence-corrected chi connectivity index (χ4v) is 3.30. The van der Waals surface area contributed by atoms with Gasteiger partial charge in [0.1, 0.15) is 0 Å². The maximum atomic E-state index is 12.3. The molecule has 1 atom stereocenters. The molecule has 2 aliphatic rings. The molecular weight excluding hydrogens is 240 g/mol. The Morgan fingerprint density at radius 1 is 1.11 bits per heavy atom. The van der Waals surface area contributed by atoms with E-state index in [1.54, 1.807) is 0 Å². The molecule has 1 N–H and O–H groups in total. The van der Waals surface area contributed by atoms with E-state index < -0.39 is 0 Å². The van der Waals surface area contributed by atoms with Crippen LogP contribution in [0, 0.1) is 5.41 Å². The molecule has 0 aromatic carbocycles. The number of amides is 1. The van der Waals surface area contributed by atoms with Crippen LogP contribution in [0.25, 0.3) is 0 Å². The molecule has 2 fully saturated rings. The van der Waals surface area contributed by atoms with Gasteiger partial charge in [0.15, 0.2) is 0 Å². The van der Waals surface area contributed by atoms with Crippen molar-refractivity contribution in [2.45, 2.75) is 45.4 Å². The van der Waals surface area contributed by atoms with Crippen molar-refractivity contribution in [3.8, 4) is 0 Å². The monoisotopic (exact) mass is 268 g/mol.